The van der Waals surface area contributed by atoms with E-state index in [0.717, 1.165) is 5.56 Å². The van der Waals surface area contributed by atoms with Crippen LogP contribution in [0.2, 0.25) is 0 Å². The van der Waals surface area contributed by atoms with Gasteiger partial charge in [-0.2, -0.15) is 0 Å². The molecule has 1 atom stereocenters. The Labute approximate surface area is 86.8 Å². The molecule has 0 spiro atoms. The third kappa shape index (κ3) is 2.90. The van der Waals surface area contributed by atoms with Crippen LogP contribution in [0.15, 0.2) is 24.3 Å². The van der Waals surface area contributed by atoms with Crippen molar-refractivity contribution in [2.24, 2.45) is 0 Å². The van der Waals surface area contributed by atoms with Gasteiger partial charge in [-0.3, -0.25) is 4.79 Å². The summed E-state index contributed by atoms with van der Waals surface area (Å²) in [4.78, 5) is 12.8. The van der Waals surface area contributed by atoms with E-state index < -0.39 is 12.0 Å². The Morgan fingerprint density at radius 2 is 2.07 bits per heavy atom. The molecule has 0 bridgehead atoms. The number of nitrogens with two attached hydrogens (primary N) is 1. The standard InChI is InChI=1S/C9H11ClN2O2/c10-12-8(9(13)14)5-6-1-3-7(11)4-2-6/h1-4,8,12H,5,11H2,(H,13,14)/t8-/m0/s1. The van der Waals surface area contributed by atoms with E-state index in [9.17, 15) is 4.79 Å². The van der Waals surface area contributed by atoms with Gasteiger partial charge in [0.2, 0.25) is 0 Å². The highest BCUT2D eigenvalue weighted by Crippen LogP contribution is 2.08. The number of rotatable bonds is 4. The van der Waals surface area contributed by atoms with E-state index in [1.165, 1.54) is 0 Å². The van der Waals surface area contributed by atoms with Gasteiger partial charge in [-0.15, -0.1) is 0 Å². The minimum Gasteiger partial charge on any atom is -0.480 e. The van der Waals surface area contributed by atoms with Crippen molar-refractivity contribution < 1.29 is 9.90 Å². The minimum absolute atomic E-state index is 0.332. The summed E-state index contributed by atoms with van der Waals surface area (Å²) in [7, 11) is 0. The van der Waals surface area contributed by atoms with E-state index in [0.29, 0.717) is 12.1 Å². The highest BCUT2D eigenvalue weighted by molar-refractivity contribution is 6.14. The minimum atomic E-state index is -0.975. The van der Waals surface area contributed by atoms with E-state index in [2.05, 4.69) is 4.84 Å². The van der Waals surface area contributed by atoms with Crippen LogP contribution in [0.5, 0.6) is 0 Å². The van der Waals surface area contributed by atoms with Gasteiger partial charge in [-0.1, -0.05) is 12.1 Å². The number of anilines is 1. The molecule has 1 rings (SSSR count). The van der Waals surface area contributed by atoms with Crippen molar-refractivity contribution in [2.75, 3.05) is 5.73 Å². The van der Waals surface area contributed by atoms with Crippen LogP contribution in [0.4, 0.5) is 5.69 Å². The van der Waals surface area contributed by atoms with Crippen molar-refractivity contribution in [3.8, 4) is 0 Å². The SMILES string of the molecule is Nc1ccc(C[C@H](NCl)C(=O)O)cc1. The smallest absolute Gasteiger partial charge is 0.322 e. The van der Waals surface area contributed by atoms with E-state index in [1.807, 2.05) is 0 Å². The monoisotopic (exact) mass is 214 g/mol. The lowest BCUT2D eigenvalue weighted by atomic mass is 10.1. The second-order valence-electron chi connectivity index (χ2n) is 2.95. The van der Waals surface area contributed by atoms with Crippen LogP contribution >= 0.6 is 11.8 Å². The summed E-state index contributed by atoms with van der Waals surface area (Å²) in [5, 5.41) is 8.72. The number of benzene rings is 1. The first kappa shape index (κ1) is 10.8. The topological polar surface area (TPSA) is 75.3 Å². The van der Waals surface area contributed by atoms with Crippen molar-refractivity contribution in [2.45, 2.75) is 12.5 Å². The average molecular weight is 215 g/mol. The lowest BCUT2D eigenvalue weighted by molar-refractivity contribution is -0.138. The van der Waals surface area contributed by atoms with Crippen molar-refractivity contribution in [3.05, 3.63) is 29.8 Å². The molecule has 0 saturated heterocycles. The Kier molecular flexibility index (Phi) is 3.73. The first-order chi connectivity index (χ1) is 6.63. The van der Waals surface area contributed by atoms with Gasteiger partial charge in [0.05, 0.1) is 0 Å². The lowest BCUT2D eigenvalue weighted by Crippen LogP contribution is -2.32. The molecule has 14 heavy (non-hydrogen) atoms. The molecule has 4 N–H and O–H groups in total. The normalized spacial score (nSPS) is 12.4. The van der Waals surface area contributed by atoms with Crippen molar-refractivity contribution >= 4 is 23.4 Å². The van der Waals surface area contributed by atoms with Crippen LogP contribution in [0, 0.1) is 0 Å². The molecule has 0 aliphatic heterocycles. The summed E-state index contributed by atoms with van der Waals surface area (Å²) in [6.07, 6.45) is 0.332. The average Bonchev–Trinajstić information content (AvgIpc) is 2.16. The number of carbonyl (C=O) groups is 1. The molecule has 0 unspecified atom stereocenters. The summed E-state index contributed by atoms with van der Waals surface area (Å²) in [6, 6.07) is 6.23. The van der Waals surface area contributed by atoms with Crippen LogP contribution < -0.4 is 10.6 Å². The molecule has 0 saturated carbocycles. The Bertz CT molecular complexity index is 313. The molecule has 1 aromatic rings. The molecule has 1 aromatic carbocycles. The molecule has 0 heterocycles. The third-order valence-corrected chi connectivity index (χ3v) is 2.11. The Balaban J connectivity index is 2.67. The maximum absolute atomic E-state index is 10.6. The molecule has 4 nitrogen and oxygen atoms in total. The van der Waals surface area contributed by atoms with Gasteiger partial charge in [0.15, 0.2) is 0 Å². The van der Waals surface area contributed by atoms with Gasteiger partial charge < -0.3 is 10.8 Å². The van der Waals surface area contributed by atoms with Crippen molar-refractivity contribution in [3.63, 3.8) is 0 Å². The molecular weight excluding hydrogens is 204 g/mol. The summed E-state index contributed by atoms with van der Waals surface area (Å²) in [5.41, 5.74) is 7.02. The predicted octanol–water partition coefficient (Wildman–Crippen LogP) is 1.01. The molecule has 0 radical (unpaired) electrons. The van der Waals surface area contributed by atoms with Gasteiger partial charge in [0.1, 0.15) is 6.04 Å². The number of hydrogen-bond acceptors (Lipinski definition) is 3. The number of hydrogen-bond donors (Lipinski definition) is 3. The number of nitrogens with one attached hydrogen (secondary N) is 1. The maximum Gasteiger partial charge on any atom is 0.322 e. The van der Waals surface area contributed by atoms with Gasteiger partial charge in [-0.25, -0.2) is 4.84 Å². The Morgan fingerprint density at radius 1 is 1.50 bits per heavy atom. The van der Waals surface area contributed by atoms with E-state index >= 15 is 0 Å². The largest absolute Gasteiger partial charge is 0.480 e. The number of nitrogen functional groups attached to an aromatic ring is 1. The Morgan fingerprint density at radius 3 is 2.50 bits per heavy atom. The molecule has 76 valence electrons. The number of carboxylic acid groups (broad SMARTS) is 1. The van der Waals surface area contributed by atoms with Crippen LogP contribution in [-0.4, -0.2) is 17.1 Å². The molecule has 0 aromatic heterocycles. The van der Waals surface area contributed by atoms with Crippen LogP contribution in [-0.2, 0) is 11.2 Å². The zero-order valence-electron chi connectivity index (χ0n) is 7.40. The first-order valence-corrected chi connectivity index (χ1v) is 4.44. The quantitative estimate of drug-likeness (QED) is 0.517. The maximum atomic E-state index is 10.6. The fourth-order valence-electron chi connectivity index (χ4n) is 1.06. The molecule has 0 aliphatic carbocycles. The predicted molar refractivity (Wildman–Crippen MR) is 55.0 cm³/mol. The molecule has 0 fully saturated rings. The first-order valence-electron chi connectivity index (χ1n) is 4.07. The van der Waals surface area contributed by atoms with Gasteiger partial charge in [-0.05, 0) is 35.9 Å². The summed E-state index contributed by atoms with van der Waals surface area (Å²) < 4.78 is 0. The van der Waals surface area contributed by atoms with E-state index in [4.69, 9.17) is 22.6 Å². The van der Waals surface area contributed by atoms with Gasteiger partial charge in [0.25, 0.3) is 0 Å². The second kappa shape index (κ2) is 4.83. The highest BCUT2D eigenvalue weighted by atomic mass is 35.5. The molecular formula is C9H11ClN2O2. The zero-order valence-corrected chi connectivity index (χ0v) is 8.16. The molecule has 0 aliphatic rings. The van der Waals surface area contributed by atoms with E-state index in [1.54, 1.807) is 24.3 Å². The number of halogens is 1. The third-order valence-electron chi connectivity index (χ3n) is 1.85. The fourth-order valence-corrected chi connectivity index (χ4v) is 1.23. The number of aliphatic carboxylic acids is 1. The summed E-state index contributed by atoms with van der Waals surface area (Å²) >= 11 is 5.29. The van der Waals surface area contributed by atoms with Crippen LogP contribution in [0.1, 0.15) is 5.56 Å². The van der Waals surface area contributed by atoms with Crippen LogP contribution in [0.25, 0.3) is 0 Å². The van der Waals surface area contributed by atoms with Crippen molar-refractivity contribution in [1.29, 1.82) is 0 Å². The Hall–Kier alpha value is -1.26. The summed E-state index contributed by atoms with van der Waals surface area (Å²) in [5.74, 6) is -0.975. The fraction of sp³-hybridized carbons (Fsp3) is 0.222. The van der Waals surface area contributed by atoms with Gasteiger partial charge >= 0.3 is 5.97 Å². The lowest BCUT2D eigenvalue weighted by Gasteiger charge is -2.09. The number of carboxylic acids is 1. The van der Waals surface area contributed by atoms with E-state index in [-0.39, 0.29) is 0 Å². The molecule has 0 amide bonds. The second-order valence-corrected chi connectivity index (χ2v) is 3.16. The zero-order chi connectivity index (χ0) is 10.6. The highest BCUT2D eigenvalue weighted by Gasteiger charge is 2.15. The van der Waals surface area contributed by atoms with Crippen LogP contribution in [0.3, 0.4) is 0 Å². The summed E-state index contributed by atoms with van der Waals surface area (Å²) in [6.45, 7) is 0. The van der Waals surface area contributed by atoms with Crippen molar-refractivity contribution in [1.82, 2.24) is 4.84 Å². The molecule has 5 heteroatoms. The van der Waals surface area contributed by atoms with Gasteiger partial charge in [0, 0.05) is 5.69 Å².